The first-order chi connectivity index (χ1) is 9.70. The standard InChI is InChI=1S/C15H26N2O4/c1-7-15(8-2,13(18)19)9-10-16-12(17-21-10)11(20-6)14(3,4)5/h11H,7-9H2,1-6H3,(H,18,19). The molecule has 1 aromatic rings. The molecule has 1 rings (SSSR count). The summed E-state index contributed by atoms with van der Waals surface area (Å²) in [6.45, 7) is 9.80. The van der Waals surface area contributed by atoms with E-state index in [0.717, 1.165) is 0 Å². The molecule has 1 atom stereocenters. The third-order valence-corrected chi connectivity index (χ3v) is 4.04. The molecule has 1 heterocycles. The lowest BCUT2D eigenvalue weighted by Gasteiger charge is -2.26. The number of aromatic nitrogens is 2. The van der Waals surface area contributed by atoms with Crippen molar-refractivity contribution in [2.24, 2.45) is 10.8 Å². The van der Waals surface area contributed by atoms with Crippen LogP contribution >= 0.6 is 0 Å². The molecule has 6 nitrogen and oxygen atoms in total. The van der Waals surface area contributed by atoms with Gasteiger partial charge in [-0.05, 0) is 18.3 Å². The van der Waals surface area contributed by atoms with E-state index in [2.05, 4.69) is 10.1 Å². The molecule has 0 aliphatic rings. The SMILES string of the molecule is CCC(CC)(Cc1nc(C(OC)C(C)(C)C)no1)C(=O)O. The minimum Gasteiger partial charge on any atom is -0.481 e. The zero-order chi connectivity index (χ0) is 16.3. The summed E-state index contributed by atoms with van der Waals surface area (Å²) < 4.78 is 10.7. The van der Waals surface area contributed by atoms with Crippen LogP contribution in [0, 0.1) is 10.8 Å². The van der Waals surface area contributed by atoms with E-state index >= 15 is 0 Å². The fourth-order valence-electron chi connectivity index (χ4n) is 2.46. The van der Waals surface area contributed by atoms with Crippen molar-refractivity contribution >= 4 is 5.97 Å². The van der Waals surface area contributed by atoms with Gasteiger partial charge in [0.25, 0.3) is 0 Å². The van der Waals surface area contributed by atoms with Gasteiger partial charge >= 0.3 is 5.97 Å². The Morgan fingerprint density at radius 1 is 1.33 bits per heavy atom. The zero-order valence-corrected chi connectivity index (χ0v) is 13.8. The highest BCUT2D eigenvalue weighted by Gasteiger charge is 2.38. The fourth-order valence-corrected chi connectivity index (χ4v) is 2.46. The number of methoxy groups -OCH3 is 1. The van der Waals surface area contributed by atoms with Crippen molar-refractivity contribution in [3.05, 3.63) is 11.7 Å². The average molecular weight is 298 g/mol. The minimum absolute atomic E-state index is 0.171. The maximum atomic E-state index is 11.5. The van der Waals surface area contributed by atoms with Crippen LogP contribution in [0.5, 0.6) is 0 Å². The molecule has 6 heteroatoms. The van der Waals surface area contributed by atoms with Gasteiger partial charge in [-0.3, -0.25) is 4.79 Å². The van der Waals surface area contributed by atoms with Crippen LogP contribution in [0.15, 0.2) is 4.52 Å². The van der Waals surface area contributed by atoms with Crippen LogP contribution < -0.4 is 0 Å². The number of nitrogens with zero attached hydrogens (tertiary/aromatic N) is 2. The third-order valence-electron chi connectivity index (χ3n) is 4.04. The van der Waals surface area contributed by atoms with E-state index < -0.39 is 11.4 Å². The van der Waals surface area contributed by atoms with E-state index in [-0.39, 0.29) is 17.9 Å². The molecule has 0 spiro atoms. The summed E-state index contributed by atoms with van der Waals surface area (Å²) in [5, 5.41) is 13.4. The lowest BCUT2D eigenvalue weighted by molar-refractivity contribution is -0.149. The summed E-state index contributed by atoms with van der Waals surface area (Å²) >= 11 is 0. The normalized spacial score (nSPS) is 14.2. The molecule has 120 valence electrons. The second kappa shape index (κ2) is 6.56. The number of rotatable bonds is 7. The Morgan fingerprint density at radius 3 is 2.29 bits per heavy atom. The van der Waals surface area contributed by atoms with Gasteiger partial charge in [0.1, 0.15) is 6.10 Å². The third kappa shape index (κ3) is 3.81. The predicted molar refractivity (Wildman–Crippen MR) is 77.9 cm³/mol. The zero-order valence-electron chi connectivity index (χ0n) is 13.8. The molecule has 1 unspecified atom stereocenters. The molecule has 0 radical (unpaired) electrons. The van der Waals surface area contributed by atoms with E-state index in [0.29, 0.717) is 24.6 Å². The van der Waals surface area contributed by atoms with Crippen molar-refractivity contribution < 1.29 is 19.2 Å². The van der Waals surface area contributed by atoms with Crippen molar-refractivity contribution in [1.82, 2.24) is 10.1 Å². The molecule has 0 saturated heterocycles. The molecule has 0 aliphatic carbocycles. The molecule has 1 N–H and O–H groups in total. The smallest absolute Gasteiger partial charge is 0.310 e. The van der Waals surface area contributed by atoms with Crippen LogP contribution in [-0.2, 0) is 16.0 Å². The van der Waals surface area contributed by atoms with Gasteiger partial charge in [0.15, 0.2) is 0 Å². The topological polar surface area (TPSA) is 85.5 Å². The molecule has 0 amide bonds. The molecule has 0 aliphatic heterocycles. The van der Waals surface area contributed by atoms with Crippen LogP contribution in [0.3, 0.4) is 0 Å². The highest BCUT2D eigenvalue weighted by molar-refractivity contribution is 5.74. The van der Waals surface area contributed by atoms with Crippen LogP contribution in [0.4, 0.5) is 0 Å². The first kappa shape index (κ1) is 17.6. The van der Waals surface area contributed by atoms with Gasteiger partial charge in [0.2, 0.25) is 11.7 Å². The van der Waals surface area contributed by atoms with Crippen LogP contribution in [0.2, 0.25) is 0 Å². The molecule has 0 bridgehead atoms. The average Bonchev–Trinajstić information content (AvgIpc) is 2.82. The number of carbonyl (C=O) groups is 1. The fraction of sp³-hybridized carbons (Fsp3) is 0.800. The minimum atomic E-state index is -0.853. The van der Waals surface area contributed by atoms with Crippen molar-refractivity contribution in [2.45, 2.75) is 60.0 Å². The van der Waals surface area contributed by atoms with Crippen molar-refractivity contribution in [3.8, 4) is 0 Å². The summed E-state index contributed by atoms with van der Waals surface area (Å²) in [6, 6.07) is 0. The Morgan fingerprint density at radius 2 is 1.90 bits per heavy atom. The summed E-state index contributed by atoms with van der Waals surface area (Å²) in [4.78, 5) is 15.9. The number of ether oxygens (including phenoxy) is 1. The summed E-state index contributed by atoms with van der Waals surface area (Å²) in [5.74, 6) is -0.0137. The van der Waals surface area contributed by atoms with Crippen LogP contribution in [-0.4, -0.2) is 28.3 Å². The monoisotopic (exact) mass is 298 g/mol. The quantitative estimate of drug-likeness (QED) is 0.831. The first-order valence-corrected chi connectivity index (χ1v) is 7.28. The van der Waals surface area contributed by atoms with Crippen molar-refractivity contribution in [2.75, 3.05) is 7.11 Å². The van der Waals surface area contributed by atoms with Gasteiger partial charge in [-0.1, -0.05) is 39.8 Å². The van der Waals surface area contributed by atoms with Gasteiger partial charge in [0.05, 0.1) is 5.41 Å². The molecule has 0 saturated carbocycles. The van der Waals surface area contributed by atoms with E-state index in [1.807, 2.05) is 34.6 Å². The molecular formula is C15H26N2O4. The van der Waals surface area contributed by atoms with Crippen LogP contribution in [0.1, 0.15) is 65.3 Å². The Bertz CT molecular complexity index is 472. The van der Waals surface area contributed by atoms with E-state index in [4.69, 9.17) is 9.26 Å². The number of carboxylic acid groups (broad SMARTS) is 1. The van der Waals surface area contributed by atoms with E-state index in [9.17, 15) is 9.90 Å². The predicted octanol–water partition coefficient (Wildman–Crippen LogP) is 3.24. The lowest BCUT2D eigenvalue weighted by Crippen LogP contribution is -2.32. The largest absolute Gasteiger partial charge is 0.481 e. The van der Waals surface area contributed by atoms with Gasteiger partial charge in [0, 0.05) is 13.5 Å². The van der Waals surface area contributed by atoms with Gasteiger partial charge in [-0.2, -0.15) is 4.98 Å². The molecule has 0 fully saturated rings. The Balaban J connectivity index is 3.01. The second-order valence-electron chi connectivity index (χ2n) is 6.50. The summed E-state index contributed by atoms with van der Waals surface area (Å²) in [6.07, 6.45) is 0.980. The maximum Gasteiger partial charge on any atom is 0.310 e. The number of hydrogen-bond donors (Lipinski definition) is 1. The molecular weight excluding hydrogens is 272 g/mol. The Labute approximate surface area is 125 Å². The number of aliphatic carboxylic acids is 1. The highest BCUT2D eigenvalue weighted by Crippen LogP contribution is 2.35. The summed E-state index contributed by atoms with van der Waals surface area (Å²) in [7, 11) is 1.60. The maximum absolute atomic E-state index is 11.5. The first-order valence-electron chi connectivity index (χ1n) is 7.28. The summed E-state index contributed by atoms with van der Waals surface area (Å²) in [5.41, 5.74) is -1.02. The molecule has 0 aromatic carbocycles. The van der Waals surface area contributed by atoms with Crippen molar-refractivity contribution in [1.29, 1.82) is 0 Å². The number of carboxylic acids is 1. The Kier molecular flexibility index (Phi) is 5.50. The van der Waals surface area contributed by atoms with Gasteiger partial charge in [-0.25, -0.2) is 0 Å². The van der Waals surface area contributed by atoms with Crippen molar-refractivity contribution in [3.63, 3.8) is 0 Å². The highest BCUT2D eigenvalue weighted by atomic mass is 16.5. The second-order valence-corrected chi connectivity index (χ2v) is 6.50. The number of hydrogen-bond acceptors (Lipinski definition) is 5. The van der Waals surface area contributed by atoms with Crippen LogP contribution in [0.25, 0.3) is 0 Å². The van der Waals surface area contributed by atoms with E-state index in [1.54, 1.807) is 7.11 Å². The van der Waals surface area contributed by atoms with Gasteiger partial charge < -0.3 is 14.4 Å². The molecule has 21 heavy (non-hydrogen) atoms. The lowest BCUT2D eigenvalue weighted by atomic mass is 9.79. The Hall–Kier alpha value is -1.43. The molecule has 1 aromatic heterocycles. The van der Waals surface area contributed by atoms with Gasteiger partial charge in [-0.15, -0.1) is 0 Å². The van der Waals surface area contributed by atoms with E-state index in [1.165, 1.54) is 0 Å².